The van der Waals surface area contributed by atoms with E-state index >= 15 is 0 Å². The molecule has 202 valence electrons. The van der Waals surface area contributed by atoms with Gasteiger partial charge in [-0.25, -0.2) is 0 Å². The molecule has 1 atom stereocenters. The van der Waals surface area contributed by atoms with E-state index in [1.54, 1.807) is 0 Å². The Labute approximate surface area is 210 Å². The van der Waals surface area contributed by atoms with Crippen LogP contribution in [0.15, 0.2) is 24.3 Å². The molecule has 2 aliphatic heterocycles. The molecule has 0 saturated carbocycles. The average molecular weight is 514 g/mol. The number of carbonyl (C=O) groups is 2. The van der Waals surface area contributed by atoms with Crippen molar-refractivity contribution in [1.82, 2.24) is 25.3 Å². The Bertz CT molecular complexity index is 882. The van der Waals surface area contributed by atoms with Gasteiger partial charge in [-0.15, -0.1) is 0 Å². The van der Waals surface area contributed by atoms with E-state index in [1.165, 1.54) is 24.3 Å². The fourth-order valence-corrected chi connectivity index (χ4v) is 4.80. The van der Waals surface area contributed by atoms with Crippen molar-refractivity contribution >= 4 is 11.8 Å². The fraction of sp³-hybridized carbons (Fsp3) is 0.680. The highest BCUT2D eigenvalue weighted by atomic mass is 19.4. The zero-order valence-electron chi connectivity index (χ0n) is 21.1. The summed E-state index contributed by atoms with van der Waals surface area (Å²) in [5.41, 5.74) is -0.603. The summed E-state index contributed by atoms with van der Waals surface area (Å²) in [4.78, 5) is 31.7. The number of benzene rings is 1. The molecule has 11 heteroatoms. The van der Waals surface area contributed by atoms with Crippen LogP contribution in [0.5, 0.6) is 0 Å². The summed E-state index contributed by atoms with van der Waals surface area (Å²) in [7, 11) is 0. The van der Waals surface area contributed by atoms with Crippen LogP contribution in [0.2, 0.25) is 0 Å². The van der Waals surface area contributed by atoms with Crippen molar-refractivity contribution in [3.8, 4) is 0 Å². The van der Waals surface area contributed by atoms with Crippen LogP contribution < -0.4 is 10.6 Å². The second kappa shape index (κ2) is 12.4. The van der Waals surface area contributed by atoms with Crippen LogP contribution in [0.4, 0.5) is 13.2 Å². The van der Waals surface area contributed by atoms with Crippen molar-refractivity contribution < 1.29 is 27.9 Å². The largest absolute Gasteiger partial charge is 0.393 e. The Kier molecular flexibility index (Phi) is 9.73. The average Bonchev–Trinajstić information content (AvgIpc) is 3.21. The number of amides is 2. The second-order valence-corrected chi connectivity index (χ2v) is 10.4. The van der Waals surface area contributed by atoms with E-state index in [9.17, 15) is 27.9 Å². The molecule has 0 radical (unpaired) electrons. The SMILES string of the molecule is CC(C)(O)CN1CCN(CCN2CCCC2NC(=O)CNC(=O)c2cccc(CC(F)(F)F)c2)CC1. The van der Waals surface area contributed by atoms with Crippen LogP contribution in [0.25, 0.3) is 0 Å². The molecule has 0 aliphatic carbocycles. The zero-order chi connectivity index (χ0) is 26.3. The summed E-state index contributed by atoms with van der Waals surface area (Å²) in [5, 5.41) is 15.5. The third-order valence-corrected chi connectivity index (χ3v) is 6.47. The molecule has 0 bridgehead atoms. The first kappa shape index (κ1) is 28.4. The third-order valence-electron chi connectivity index (χ3n) is 6.47. The van der Waals surface area contributed by atoms with Gasteiger partial charge in [0, 0.05) is 57.9 Å². The van der Waals surface area contributed by atoms with Gasteiger partial charge < -0.3 is 15.7 Å². The first-order chi connectivity index (χ1) is 16.9. The van der Waals surface area contributed by atoms with Crippen LogP contribution in [0.1, 0.15) is 42.6 Å². The molecule has 1 unspecified atom stereocenters. The minimum absolute atomic E-state index is 0.000140. The molecule has 3 N–H and O–H groups in total. The van der Waals surface area contributed by atoms with Gasteiger partial charge in [-0.3, -0.25) is 24.3 Å². The molecule has 0 spiro atoms. The molecule has 1 aromatic carbocycles. The number of carbonyl (C=O) groups excluding carboxylic acids is 2. The molecule has 2 saturated heterocycles. The predicted octanol–water partition coefficient (Wildman–Crippen LogP) is 1.45. The van der Waals surface area contributed by atoms with E-state index in [1.807, 2.05) is 13.8 Å². The Morgan fingerprint density at radius 1 is 1.06 bits per heavy atom. The quantitative estimate of drug-likeness (QED) is 0.439. The second-order valence-electron chi connectivity index (χ2n) is 10.4. The summed E-state index contributed by atoms with van der Waals surface area (Å²) < 4.78 is 37.8. The van der Waals surface area contributed by atoms with E-state index in [0.29, 0.717) is 6.54 Å². The van der Waals surface area contributed by atoms with Gasteiger partial charge in [0.25, 0.3) is 5.91 Å². The van der Waals surface area contributed by atoms with Gasteiger partial charge in [-0.1, -0.05) is 12.1 Å². The van der Waals surface area contributed by atoms with Crippen molar-refractivity contribution in [3.63, 3.8) is 0 Å². The van der Waals surface area contributed by atoms with Gasteiger partial charge in [0.15, 0.2) is 0 Å². The first-order valence-electron chi connectivity index (χ1n) is 12.5. The fourth-order valence-electron chi connectivity index (χ4n) is 4.80. The molecule has 1 aromatic rings. The lowest BCUT2D eigenvalue weighted by atomic mass is 10.1. The maximum absolute atomic E-state index is 12.6. The van der Waals surface area contributed by atoms with Gasteiger partial charge in [0.1, 0.15) is 0 Å². The number of nitrogens with zero attached hydrogens (tertiary/aromatic N) is 3. The Morgan fingerprint density at radius 2 is 1.75 bits per heavy atom. The van der Waals surface area contributed by atoms with E-state index in [2.05, 4.69) is 25.3 Å². The van der Waals surface area contributed by atoms with Gasteiger partial charge in [-0.2, -0.15) is 13.2 Å². The number of likely N-dealkylation sites (tertiary alicyclic amines) is 1. The van der Waals surface area contributed by atoms with Crippen LogP contribution in [-0.4, -0.2) is 108 Å². The van der Waals surface area contributed by atoms with Gasteiger partial charge >= 0.3 is 6.18 Å². The van der Waals surface area contributed by atoms with Gasteiger partial charge in [0.05, 0.1) is 24.7 Å². The molecule has 2 amide bonds. The summed E-state index contributed by atoms with van der Waals surface area (Å²) >= 11 is 0. The van der Waals surface area contributed by atoms with Crippen LogP contribution >= 0.6 is 0 Å². The van der Waals surface area contributed by atoms with Crippen LogP contribution in [-0.2, 0) is 11.2 Å². The van der Waals surface area contributed by atoms with E-state index in [4.69, 9.17) is 0 Å². The number of halogens is 3. The number of rotatable bonds is 10. The van der Waals surface area contributed by atoms with Gasteiger partial charge in [0.2, 0.25) is 5.91 Å². The molecule has 3 rings (SSSR count). The molecule has 0 aromatic heterocycles. The number of hydrogen-bond acceptors (Lipinski definition) is 6. The summed E-state index contributed by atoms with van der Waals surface area (Å²) in [6.45, 7) is 10.4. The minimum atomic E-state index is -4.35. The predicted molar refractivity (Wildman–Crippen MR) is 130 cm³/mol. The normalized spacial score (nSPS) is 20.4. The van der Waals surface area contributed by atoms with Crippen molar-refractivity contribution in [2.45, 2.75) is 51.1 Å². The lowest BCUT2D eigenvalue weighted by molar-refractivity contribution is -0.127. The molecular weight excluding hydrogens is 475 g/mol. The smallest absolute Gasteiger partial charge is 0.389 e. The van der Waals surface area contributed by atoms with Crippen molar-refractivity contribution in [2.24, 2.45) is 0 Å². The van der Waals surface area contributed by atoms with Gasteiger partial charge in [-0.05, 0) is 44.4 Å². The van der Waals surface area contributed by atoms with Crippen LogP contribution in [0, 0.1) is 0 Å². The van der Waals surface area contributed by atoms with E-state index in [0.717, 1.165) is 58.7 Å². The number of aliphatic hydroxyl groups is 1. The first-order valence-corrected chi connectivity index (χ1v) is 12.5. The highest BCUT2D eigenvalue weighted by molar-refractivity contribution is 5.96. The van der Waals surface area contributed by atoms with Crippen LogP contribution in [0.3, 0.4) is 0 Å². The van der Waals surface area contributed by atoms with Crippen molar-refractivity contribution in [1.29, 1.82) is 0 Å². The molecule has 2 heterocycles. The Hall–Kier alpha value is -2.21. The number of alkyl halides is 3. The summed E-state index contributed by atoms with van der Waals surface area (Å²) in [5.74, 6) is -0.909. The Morgan fingerprint density at radius 3 is 2.42 bits per heavy atom. The summed E-state index contributed by atoms with van der Waals surface area (Å²) in [6.07, 6.45) is -3.75. The topological polar surface area (TPSA) is 88.2 Å². The zero-order valence-corrected chi connectivity index (χ0v) is 21.1. The lowest BCUT2D eigenvalue weighted by Gasteiger charge is -2.38. The molecule has 2 fully saturated rings. The van der Waals surface area contributed by atoms with Crippen molar-refractivity contribution in [2.75, 3.05) is 58.9 Å². The number of hydrogen-bond donors (Lipinski definition) is 3. The Balaban J connectivity index is 1.38. The minimum Gasteiger partial charge on any atom is -0.389 e. The molecule has 36 heavy (non-hydrogen) atoms. The molecule has 2 aliphatic rings. The standard InChI is InChI=1S/C25H38F3N5O3/c1-24(2,36)18-32-11-9-31(10-12-32)13-14-33-8-4-7-21(33)30-22(34)17-29-23(35)20-6-3-5-19(15-20)16-25(26,27)28/h3,5-6,15,21,36H,4,7-14,16-18H2,1-2H3,(H,29,35)(H,30,34). The number of β-amino-alcohol motifs (C(OH)–C–C–N with tert-alkyl or cyclic N) is 1. The lowest BCUT2D eigenvalue weighted by Crippen LogP contribution is -2.53. The molecule has 8 nitrogen and oxygen atoms in total. The van der Waals surface area contributed by atoms with Crippen molar-refractivity contribution in [3.05, 3.63) is 35.4 Å². The molecular formula is C25H38F3N5O3. The highest BCUT2D eigenvalue weighted by Gasteiger charge is 2.29. The van der Waals surface area contributed by atoms with E-state index < -0.39 is 24.1 Å². The maximum Gasteiger partial charge on any atom is 0.393 e. The third kappa shape index (κ3) is 9.68. The summed E-state index contributed by atoms with van der Waals surface area (Å²) in [6, 6.07) is 5.35. The van der Waals surface area contributed by atoms with E-state index in [-0.39, 0.29) is 29.7 Å². The number of piperazine rings is 1. The highest BCUT2D eigenvalue weighted by Crippen LogP contribution is 2.21. The maximum atomic E-state index is 12.6. The number of nitrogens with one attached hydrogen (secondary N) is 2. The monoisotopic (exact) mass is 513 g/mol.